The van der Waals surface area contributed by atoms with E-state index in [1.165, 1.54) is 0 Å². The summed E-state index contributed by atoms with van der Waals surface area (Å²) in [5.74, 6) is -0.227. The molecule has 6 heteroatoms. The maximum atomic E-state index is 11.1. The lowest BCUT2D eigenvalue weighted by molar-refractivity contribution is 0.0697. The summed E-state index contributed by atoms with van der Waals surface area (Å²) in [6, 6.07) is 7.00. The van der Waals surface area contributed by atoms with E-state index in [1.54, 1.807) is 23.5 Å². The highest BCUT2D eigenvalue weighted by atomic mass is 32.1. The van der Waals surface area contributed by atoms with Gasteiger partial charge in [0.25, 0.3) is 0 Å². The van der Waals surface area contributed by atoms with Crippen molar-refractivity contribution >= 4 is 44.1 Å². The molecule has 108 valence electrons. The Morgan fingerprint density at radius 2 is 2.14 bits per heavy atom. The minimum absolute atomic E-state index is 0.122. The Balaban J connectivity index is 2.15. The van der Waals surface area contributed by atoms with E-state index in [2.05, 4.69) is 10.3 Å². The van der Waals surface area contributed by atoms with Crippen LogP contribution in [0, 0.1) is 0 Å². The fraction of sp³-hybridized carbons (Fsp3) is 0.200. The molecule has 0 aliphatic heterocycles. The highest BCUT2D eigenvalue weighted by Gasteiger charge is 2.11. The van der Waals surface area contributed by atoms with Gasteiger partial charge in [-0.05, 0) is 30.0 Å². The van der Waals surface area contributed by atoms with Crippen LogP contribution in [0.4, 0.5) is 5.82 Å². The van der Waals surface area contributed by atoms with E-state index in [9.17, 15) is 4.79 Å². The Morgan fingerprint density at radius 1 is 1.29 bits per heavy atom. The van der Waals surface area contributed by atoms with Crippen molar-refractivity contribution in [2.75, 3.05) is 18.5 Å². The first-order valence-corrected chi connectivity index (χ1v) is 7.47. The van der Waals surface area contributed by atoms with Crippen LogP contribution in [-0.2, 0) is 0 Å². The summed E-state index contributed by atoms with van der Waals surface area (Å²) in [5.41, 5.74) is 0.892. The predicted octanol–water partition coefficient (Wildman–Crippen LogP) is 2.94. The van der Waals surface area contributed by atoms with Gasteiger partial charge in [-0.15, -0.1) is 11.3 Å². The molecule has 0 atom stereocenters. The first-order chi connectivity index (χ1) is 10.2. The third-order valence-corrected chi connectivity index (χ3v) is 4.22. The van der Waals surface area contributed by atoms with Crippen LogP contribution in [0.1, 0.15) is 16.8 Å². The third kappa shape index (κ3) is 2.55. The standard InChI is InChI=1S/C15H14N2O3S/c18-6-1-5-16-14-11-4-7-21-13(11)10-3-2-9(15(19)20)8-12(10)17-14/h2-4,7-8,18H,1,5-6H2,(H,16,17)(H,19,20). The van der Waals surface area contributed by atoms with Gasteiger partial charge in [-0.25, -0.2) is 9.78 Å². The quantitative estimate of drug-likeness (QED) is 0.631. The van der Waals surface area contributed by atoms with Crippen molar-refractivity contribution in [1.29, 1.82) is 0 Å². The van der Waals surface area contributed by atoms with E-state index in [-0.39, 0.29) is 12.2 Å². The molecule has 1 aromatic carbocycles. The maximum absolute atomic E-state index is 11.1. The summed E-state index contributed by atoms with van der Waals surface area (Å²) < 4.78 is 1.09. The molecule has 21 heavy (non-hydrogen) atoms. The summed E-state index contributed by atoms with van der Waals surface area (Å²) in [7, 11) is 0. The predicted molar refractivity (Wildman–Crippen MR) is 84.3 cm³/mol. The SMILES string of the molecule is O=C(O)c1ccc2c(c1)nc(NCCCO)c1ccsc12. The highest BCUT2D eigenvalue weighted by molar-refractivity contribution is 7.18. The van der Waals surface area contributed by atoms with Crippen molar-refractivity contribution in [3.63, 3.8) is 0 Å². The second-order valence-electron chi connectivity index (χ2n) is 4.66. The molecular formula is C15H14N2O3S. The Kier molecular flexibility index (Phi) is 3.72. The van der Waals surface area contributed by atoms with Crippen molar-refractivity contribution in [3.05, 3.63) is 35.2 Å². The number of carbonyl (C=O) groups is 1. The molecule has 5 nitrogen and oxygen atoms in total. The van der Waals surface area contributed by atoms with E-state index >= 15 is 0 Å². The number of pyridine rings is 1. The fourth-order valence-electron chi connectivity index (χ4n) is 2.25. The number of aliphatic hydroxyl groups is 1. The summed E-state index contributed by atoms with van der Waals surface area (Å²) in [5, 5.41) is 25.1. The number of benzene rings is 1. The molecule has 0 bridgehead atoms. The number of fused-ring (bicyclic) bond motifs is 3. The Bertz CT molecular complexity index is 813. The van der Waals surface area contributed by atoms with Crippen LogP contribution < -0.4 is 5.32 Å². The molecule has 0 amide bonds. The van der Waals surface area contributed by atoms with Gasteiger partial charge in [-0.3, -0.25) is 0 Å². The Hall–Kier alpha value is -2.18. The molecule has 0 spiro atoms. The highest BCUT2D eigenvalue weighted by Crippen LogP contribution is 2.33. The van der Waals surface area contributed by atoms with Gasteiger partial charge in [0.05, 0.1) is 11.1 Å². The first kappa shape index (κ1) is 13.8. The zero-order chi connectivity index (χ0) is 14.8. The smallest absolute Gasteiger partial charge is 0.335 e. The molecule has 0 radical (unpaired) electrons. The van der Waals surface area contributed by atoms with Gasteiger partial charge in [0, 0.05) is 28.6 Å². The molecule has 0 saturated carbocycles. The van der Waals surface area contributed by atoms with Crippen LogP contribution in [0.5, 0.6) is 0 Å². The summed E-state index contributed by atoms with van der Waals surface area (Å²) in [4.78, 5) is 15.6. The minimum atomic E-state index is -0.959. The van der Waals surface area contributed by atoms with Crippen LogP contribution in [0.3, 0.4) is 0 Å². The molecule has 0 aliphatic carbocycles. The molecular weight excluding hydrogens is 288 g/mol. The van der Waals surface area contributed by atoms with Gasteiger partial charge in [-0.2, -0.15) is 0 Å². The fourth-order valence-corrected chi connectivity index (χ4v) is 3.19. The molecule has 2 heterocycles. The first-order valence-electron chi connectivity index (χ1n) is 6.59. The second-order valence-corrected chi connectivity index (χ2v) is 5.58. The molecule has 0 saturated heterocycles. The number of hydrogen-bond acceptors (Lipinski definition) is 5. The number of nitrogens with one attached hydrogen (secondary N) is 1. The monoisotopic (exact) mass is 302 g/mol. The van der Waals surface area contributed by atoms with Crippen LogP contribution in [0.2, 0.25) is 0 Å². The maximum Gasteiger partial charge on any atom is 0.335 e. The van der Waals surface area contributed by atoms with Gasteiger partial charge < -0.3 is 15.5 Å². The molecule has 3 aromatic rings. The van der Waals surface area contributed by atoms with E-state index in [1.807, 2.05) is 17.5 Å². The lowest BCUT2D eigenvalue weighted by Gasteiger charge is -2.09. The topological polar surface area (TPSA) is 82.5 Å². The molecule has 2 aromatic heterocycles. The summed E-state index contributed by atoms with van der Waals surface area (Å²) >= 11 is 1.61. The number of thiophene rings is 1. The lowest BCUT2D eigenvalue weighted by Crippen LogP contribution is -2.05. The second kappa shape index (κ2) is 5.67. The lowest BCUT2D eigenvalue weighted by atomic mass is 10.1. The van der Waals surface area contributed by atoms with E-state index in [0.29, 0.717) is 18.5 Å². The van der Waals surface area contributed by atoms with Gasteiger partial charge in [0.15, 0.2) is 0 Å². The van der Waals surface area contributed by atoms with E-state index in [4.69, 9.17) is 10.2 Å². The average Bonchev–Trinajstić information content (AvgIpc) is 2.96. The molecule has 0 unspecified atom stereocenters. The number of hydrogen-bond donors (Lipinski definition) is 3. The van der Waals surface area contributed by atoms with Crippen molar-refractivity contribution in [3.8, 4) is 0 Å². The largest absolute Gasteiger partial charge is 0.478 e. The van der Waals surface area contributed by atoms with Crippen LogP contribution >= 0.6 is 11.3 Å². The van der Waals surface area contributed by atoms with Crippen molar-refractivity contribution in [2.24, 2.45) is 0 Å². The summed E-state index contributed by atoms with van der Waals surface area (Å²) in [6.45, 7) is 0.745. The Labute approximate surface area is 124 Å². The van der Waals surface area contributed by atoms with E-state index < -0.39 is 5.97 Å². The minimum Gasteiger partial charge on any atom is -0.478 e. The number of carboxylic acids is 1. The zero-order valence-corrected chi connectivity index (χ0v) is 12.0. The number of aromatic carboxylic acids is 1. The average molecular weight is 302 g/mol. The van der Waals surface area contributed by atoms with Gasteiger partial charge >= 0.3 is 5.97 Å². The van der Waals surface area contributed by atoms with Crippen molar-refractivity contribution in [1.82, 2.24) is 4.98 Å². The van der Waals surface area contributed by atoms with E-state index in [0.717, 1.165) is 21.3 Å². The molecule has 3 rings (SSSR count). The number of nitrogens with zero attached hydrogens (tertiary/aromatic N) is 1. The number of aliphatic hydroxyl groups excluding tert-OH is 1. The van der Waals surface area contributed by atoms with Crippen LogP contribution in [0.15, 0.2) is 29.6 Å². The molecule has 3 N–H and O–H groups in total. The molecule has 0 fully saturated rings. The molecule has 0 aliphatic rings. The Morgan fingerprint density at radius 3 is 2.90 bits per heavy atom. The van der Waals surface area contributed by atoms with Gasteiger partial charge in [0.1, 0.15) is 5.82 Å². The zero-order valence-electron chi connectivity index (χ0n) is 11.2. The number of rotatable bonds is 5. The number of carboxylic acid groups (broad SMARTS) is 1. The van der Waals surface area contributed by atoms with Crippen LogP contribution in [-0.4, -0.2) is 34.3 Å². The number of aromatic nitrogens is 1. The van der Waals surface area contributed by atoms with Crippen LogP contribution in [0.25, 0.3) is 21.0 Å². The van der Waals surface area contributed by atoms with Gasteiger partial charge in [-0.1, -0.05) is 6.07 Å². The van der Waals surface area contributed by atoms with Gasteiger partial charge in [0.2, 0.25) is 0 Å². The van der Waals surface area contributed by atoms with Crippen molar-refractivity contribution < 1.29 is 15.0 Å². The number of anilines is 1. The summed E-state index contributed by atoms with van der Waals surface area (Å²) in [6.07, 6.45) is 0.639. The van der Waals surface area contributed by atoms with Crippen molar-refractivity contribution in [2.45, 2.75) is 6.42 Å². The normalized spacial score (nSPS) is 11.1. The third-order valence-electron chi connectivity index (χ3n) is 3.27.